The summed E-state index contributed by atoms with van der Waals surface area (Å²) in [5.41, 5.74) is 1.75. The maximum Gasteiger partial charge on any atom is 0.236 e. The third kappa shape index (κ3) is 4.57. The van der Waals surface area contributed by atoms with Crippen LogP contribution in [-0.4, -0.2) is 60.6 Å². The van der Waals surface area contributed by atoms with Crippen molar-refractivity contribution in [3.05, 3.63) is 59.9 Å². The third-order valence-electron chi connectivity index (χ3n) is 5.28. The maximum absolute atomic E-state index is 13.1. The van der Waals surface area contributed by atoms with Gasteiger partial charge in [-0.05, 0) is 36.8 Å². The number of hydrogen-bond donors (Lipinski definition) is 1. The lowest BCUT2D eigenvalue weighted by Gasteiger charge is -2.37. The number of piperazine rings is 1. The van der Waals surface area contributed by atoms with E-state index in [4.69, 9.17) is 0 Å². The smallest absolute Gasteiger partial charge is 0.236 e. The third-order valence-corrected chi connectivity index (χ3v) is 5.28. The molecule has 1 aliphatic rings. The Bertz CT molecular complexity index is 773. The van der Waals surface area contributed by atoms with Gasteiger partial charge in [-0.2, -0.15) is 0 Å². The number of benzene rings is 2. The predicted octanol–water partition coefficient (Wildman–Crippen LogP) is 2.87. The van der Waals surface area contributed by atoms with Crippen LogP contribution in [0.3, 0.4) is 0 Å². The second-order valence-electron chi connectivity index (χ2n) is 6.98. The summed E-state index contributed by atoms with van der Waals surface area (Å²) in [7, 11) is 1.79. The lowest BCUT2D eigenvalue weighted by atomic mass is 10.1. The number of likely N-dealkylation sites (N-methyl/N-ethyl adjacent to an activating group) is 1. The molecule has 0 radical (unpaired) electrons. The van der Waals surface area contributed by atoms with Crippen LogP contribution in [0.1, 0.15) is 18.5 Å². The van der Waals surface area contributed by atoms with Gasteiger partial charge in [-0.3, -0.25) is 9.69 Å². The normalized spacial score (nSPS) is 16.2. The second kappa shape index (κ2) is 8.39. The van der Waals surface area contributed by atoms with Crippen LogP contribution in [-0.2, 0) is 4.79 Å². The lowest BCUT2D eigenvalue weighted by molar-refractivity contribution is -0.133. The topological polar surface area (TPSA) is 47.0 Å². The Balaban J connectivity index is 1.53. The van der Waals surface area contributed by atoms with Gasteiger partial charge in [0, 0.05) is 33.2 Å². The van der Waals surface area contributed by atoms with E-state index in [1.54, 1.807) is 30.1 Å². The summed E-state index contributed by atoms with van der Waals surface area (Å²) < 4.78 is 13.1. The first-order valence-electron chi connectivity index (χ1n) is 9.22. The molecule has 1 amide bonds. The first-order valence-corrected chi connectivity index (χ1v) is 9.22. The van der Waals surface area contributed by atoms with E-state index in [0.29, 0.717) is 6.54 Å². The Kier molecular flexibility index (Phi) is 5.96. The van der Waals surface area contributed by atoms with Crippen LogP contribution in [0.4, 0.5) is 10.1 Å². The molecule has 5 nitrogen and oxygen atoms in total. The molecule has 1 fully saturated rings. The zero-order chi connectivity index (χ0) is 19.4. The van der Waals surface area contributed by atoms with Crippen LogP contribution >= 0.6 is 0 Å². The van der Waals surface area contributed by atoms with Gasteiger partial charge in [0.2, 0.25) is 5.91 Å². The summed E-state index contributed by atoms with van der Waals surface area (Å²) >= 11 is 0. The van der Waals surface area contributed by atoms with E-state index >= 15 is 0 Å². The first kappa shape index (κ1) is 19.2. The molecule has 144 valence electrons. The van der Waals surface area contributed by atoms with Gasteiger partial charge in [0.15, 0.2) is 0 Å². The number of halogens is 1. The molecule has 27 heavy (non-hydrogen) atoms. The van der Waals surface area contributed by atoms with Crippen molar-refractivity contribution in [1.29, 1.82) is 0 Å². The molecular formula is C21H26FN3O2. The van der Waals surface area contributed by atoms with E-state index < -0.39 is 0 Å². The molecule has 2 aromatic rings. The van der Waals surface area contributed by atoms with Crippen molar-refractivity contribution in [3.63, 3.8) is 0 Å². The van der Waals surface area contributed by atoms with Gasteiger partial charge in [-0.15, -0.1) is 0 Å². The molecule has 0 bridgehead atoms. The summed E-state index contributed by atoms with van der Waals surface area (Å²) in [6.45, 7) is 5.36. The van der Waals surface area contributed by atoms with Crippen molar-refractivity contribution in [1.82, 2.24) is 9.80 Å². The number of nitrogens with zero attached hydrogens (tertiary/aromatic N) is 3. The largest absolute Gasteiger partial charge is 0.506 e. The Morgan fingerprint density at radius 1 is 1.11 bits per heavy atom. The van der Waals surface area contributed by atoms with Gasteiger partial charge < -0.3 is 14.9 Å². The zero-order valence-corrected chi connectivity index (χ0v) is 15.8. The van der Waals surface area contributed by atoms with Crippen LogP contribution in [0, 0.1) is 5.82 Å². The van der Waals surface area contributed by atoms with Gasteiger partial charge in [0.05, 0.1) is 18.3 Å². The fraction of sp³-hybridized carbons (Fsp3) is 0.381. The van der Waals surface area contributed by atoms with E-state index in [0.717, 1.165) is 37.4 Å². The van der Waals surface area contributed by atoms with Gasteiger partial charge in [0.1, 0.15) is 11.6 Å². The Labute approximate surface area is 159 Å². The minimum absolute atomic E-state index is 0.0443. The van der Waals surface area contributed by atoms with Crippen LogP contribution in [0.2, 0.25) is 0 Å². The molecule has 1 atom stereocenters. The minimum atomic E-state index is -0.276. The highest BCUT2D eigenvalue weighted by molar-refractivity contribution is 5.78. The standard InChI is InChI=1S/C21H26FN3O2/c1-16(17-7-9-18(22)10-8-17)23(2)21(27)15-24-11-13-25(14-12-24)19-5-3-4-6-20(19)26/h3-10,16,26H,11-15H2,1-2H3. The molecule has 1 aliphatic heterocycles. The maximum atomic E-state index is 13.1. The molecule has 1 saturated heterocycles. The number of phenolic OH excluding ortho intramolecular Hbond substituents is 1. The van der Waals surface area contributed by atoms with E-state index in [-0.39, 0.29) is 23.5 Å². The lowest BCUT2D eigenvalue weighted by Crippen LogP contribution is -2.50. The number of amides is 1. The number of rotatable bonds is 5. The van der Waals surface area contributed by atoms with Gasteiger partial charge in [-0.1, -0.05) is 24.3 Å². The summed E-state index contributed by atoms with van der Waals surface area (Å²) in [6.07, 6.45) is 0. The number of phenols is 1. The average Bonchev–Trinajstić information content (AvgIpc) is 2.68. The summed E-state index contributed by atoms with van der Waals surface area (Å²) in [5, 5.41) is 9.99. The van der Waals surface area contributed by atoms with Crippen molar-refractivity contribution in [2.75, 3.05) is 44.7 Å². The fourth-order valence-corrected chi connectivity index (χ4v) is 3.36. The molecule has 2 aromatic carbocycles. The van der Waals surface area contributed by atoms with E-state index in [2.05, 4.69) is 9.80 Å². The molecular weight excluding hydrogens is 345 g/mol. The predicted molar refractivity (Wildman–Crippen MR) is 104 cm³/mol. The number of para-hydroxylation sites is 2. The minimum Gasteiger partial charge on any atom is -0.506 e. The van der Waals surface area contributed by atoms with Crippen LogP contribution in [0.5, 0.6) is 5.75 Å². The van der Waals surface area contributed by atoms with E-state index in [1.165, 1.54) is 12.1 Å². The summed E-state index contributed by atoms with van der Waals surface area (Å²) in [5.74, 6) is 0.0555. The van der Waals surface area contributed by atoms with Crippen molar-refractivity contribution >= 4 is 11.6 Å². The van der Waals surface area contributed by atoms with Crippen molar-refractivity contribution < 1.29 is 14.3 Å². The highest BCUT2D eigenvalue weighted by Crippen LogP contribution is 2.27. The molecule has 1 unspecified atom stereocenters. The summed E-state index contributed by atoms with van der Waals surface area (Å²) in [6, 6.07) is 13.5. The number of aromatic hydroxyl groups is 1. The Morgan fingerprint density at radius 3 is 2.37 bits per heavy atom. The first-order chi connectivity index (χ1) is 13.0. The van der Waals surface area contributed by atoms with E-state index in [1.807, 2.05) is 25.1 Å². The van der Waals surface area contributed by atoms with Gasteiger partial charge >= 0.3 is 0 Å². The highest BCUT2D eigenvalue weighted by Gasteiger charge is 2.24. The SMILES string of the molecule is CC(c1ccc(F)cc1)N(C)C(=O)CN1CCN(c2ccccc2O)CC1. The number of carbonyl (C=O) groups is 1. The molecule has 0 spiro atoms. The quantitative estimate of drug-likeness (QED) is 0.878. The van der Waals surface area contributed by atoms with Gasteiger partial charge in [0.25, 0.3) is 0 Å². The van der Waals surface area contributed by atoms with Crippen LogP contribution in [0.15, 0.2) is 48.5 Å². The fourth-order valence-electron chi connectivity index (χ4n) is 3.36. The molecule has 1 heterocycles. The molecule has 3 rings (SSSR count). The Morgan fingerprint density at radius 2 is 1.74 bits per heavy atom. The monoisotopic (exact) mass is 371 g/mol. The molecule has 1 N–H and O–H groups in total. The van der Waals surface area contributed by atoms with Crippen molar-refractivity contribution in [2.24, 2.45) is 0 Å². The molecule has 0 saturated carbocycles. The number of anilines is 1. The van der Waals surface area contributed by atoms with Crippen molar-refractivity contribution in [3.8, 4) is 5.75 Å². The molecule has 6 heteroatoms. The molecule has 0 aromatic heterocycles. The van der Waals surface area contributed by atoms with E-state index in [9.17, 15) is 14.3 Å². The second-order valence-corrected chi connectivity index (χ2v) is 6.98. The molecule has 0 aliphatic carbocycles. The Hall–Kier alpha value is -2.60. The number of carbonyl (C=O) groups excluding carboxylic acids is 1. The summed E-state index contributed by atoms with van der Waals surface area (Å²) in [4.78, 5) is 18.6. The zero-order valence-electron chi connectivity index (χ0n) is 15.8. The van der Waals surface area contributed by atoms with Crippen molar-refractivity contribution in [2.45, 2.75) is 13.0 Å². The van der Waals surface area contributed by atoms with Crippen LogP contribution in [0.25, 0.3) is 0 Å². The average molecular weight is 371 g/mol. The van der Waals surface area contributed by atoms with Gasteiger partial charge in [-0.25, -0.2) is 4.39 Å². The highest BCUT2D eigenvalue weighted by atomic mass is 19.1. The number of hydrogen-bond acceptors (Lipinski definition) is 4. The van der Waals surface area contributed by atoms with Crippen LogP contribution < -0.4 is 4.90 Å².